The average molecular weight is 457 g/mol. The Morgan fingerprint density at radius 1 is 1.12 bits per heavy atom. The molecular formula is C19H22Cl2N2OZr. The summed E-state index contributed by atoms with van der Waals surface area (Å²) in [5, 5.41) is 3.54. The van der Waals surface area contributed by atoms with Gasteiger partial charge in [-0.3, -0.25) is 4.79 Å². The third kappa shape index (κ3) is 5.39. The number of pyridine rings is 1. The zero-order chi connectivity index (χ0) is 18.4. The average Bonchev–Trinajstić information content (AvgIpc) is 2.59. The Morgan fingerprint density at radius 2 is 1.76 bits per heavy atom. The molecule has 1 unspecified atom stereocenters. The quantitative estimate of drug-likeness (QED) is 0.638. The molecule has 0 fully saturated rings. The summed E-state index contributed by atoms with van der Waals surface area (Å²) < 4.78 is 0. The number of ketones is 1. The van der Waals surface area contributed by atoms with Crippen LogP contribution in [-0.4, -0.2) is 10.8 Å². The maximum absolute atomic E-state index is 12.0. The molecule has 0 saturated carbocycles. The molecule has 6 heteroatoms. The van der Waals surface area contributed by atoms with E-state index in [2.05, 4.69) is 55.3 Å². The van der Waals surface area contributed by atoms with Gasteiger partial charge in [0.05, 0.1) is 11.7 Å². The van der Waals surface area contributed by atoms with Crippen LogP contribution in [0.5, 0.6) is 0 Å². The molecule has 1 heterocycles. The molecule has 0 spiro atoms. The molecule has 1 atom stereocenters. The molecule has 0 saturated heterocycles. The van der Waals surface area contributed by atoms with Gasteiger partial charge in [0, 0.05) is 12.1 Å². The number of aromatic nitrogens is 1. The topological polar surface area (TPSA) is 42.0 Å². The van der Waals surface area contributed by atoms with Gasteiger partial charge in [-0.05, 0) is 56.4 Å². The summed E-state index contributed by atoms with van der Waals surface area (Å²) in [5.41, 5.74) is 6.30. The van der Waals surface area contributed by atoms with Crippen LogP contribution < -0.4 is 5.32 Å². The summed E-state index contributed by atoms with van der Waals surface area (Å²) in [4.78, 5) is 16.7. The first kappa shape index (κ1) is 20.6. The van der Waals surface area contributed by atoms with Gasteiger partial charge in [0.1, 0.15) is 5.69 Å². The number of nitrogens with zero attached hydrogens (tertiary/aromatic N) is 1. The third-order valence-electron chi connectivity index (χ3n) is 4.40. The fourth-order valence-corrected chi connectivity index (χ4v) is 3.08. The van der Waals surface area contributed by atoms with E-state index in [1.807, 2.05) is 6.07 Å². The van der Waals surface area contributed by atoms with Gasteiger partial charge < -0.3 is 5.32 Å². The number of halogens is 2. The number of para-hydroxylation sites is 1. The van der Waals surface area contributed by atoms with E-state index < -0.39 is 20.8 Å². The number of nitrogens with one attached hydrogen (secondary N) is 1. The molecule has 1 aliphatic rings. The summed E-state index contributed by atoms with van der Waals surface area (Å²) >= 11 is -0.826. The summed E-state index contributed by atoms with van der Waals surface area (Å²) in [7, 11) is 9.87. The van der Waals surface area contributed by atoms with Crippen LogP contribution in [0.3, 0.4) is 0 Å². The zero-order valence-electron chi connectivity index (χ0n) is 14.7. The van der Waals surface area contributed by atoms with Crippen LogP contribution in [-0.2, 0) is 27.3 Å². The second-order valence-electron chi connectivity index (χ2n) is 6.22. The summed E-state index contributed by atoms with van der Waals surface area (Å²) in [6, 6.07) is 10.5. The van der Waals surface area contributed by atoms with Gasteiger partial charge in [0.15, 0.2) is 5.78 Å². The number of rotatable bonds is 3. The van der Waals surface area contributed by atoms with Crippen LogP contribution in [0.15, 0.2) is 30.3 Å². The number of anilines is 1. The zero-order valence-corrected chi connectivity index (χ0v) is 18.7. The van der Waals surface area contributed by atoms with E-state index in [0.29, 0.717) is 12.1 Å². The van der Waals surface area contributed by atoms with E-state index in [1.165, 1.54) is 11.1 Å². The van der Waals surface area contributed by atoms with E-state index in [4.69, 9.17) is 17.0 Å². The number of hydrogen-bond acceptors (Lipinski definition) is 3. The Labute approximate surface area is 168 Å². The van der Waals surface area contributed by atoms with Crippen molar-refractivity contribution >= 4 is 28.5 Å². The predicted molar refractivity (Wildman–Crippen MR) is 101 cm³/mol. The maximum atomic E-state index is 12.0. The van der Waals surface area contributed by atoms with Crippen molar-refractivity contribution in [2.24, 2.45) is 0 Å². The molecule has 1 N–H and O–H groups in total. The van der Waals surface area contributed by atoms with Crippen LogP contribution in [0, 0.1) is 13.8 Å². The molecule has 3 nitrogen and oxygen atoms in total. The van der Waals surface area contributed by atoms with Gasteiger partial charge in [-0.2, -0.15) is 0 Å². The second kappa shape index (κ2) is 9.85. The van der Waals surface area contributed by atoms with E-state index >= 15 is 0 Å². The van der Waals surface area contributed by atoms with Crippen molar-refractivity contribution in [3.05, 3.63) is 58.4 Å². The Bertz CT molecular complexity index is 732. The first-order valence-corrected chi connectivity index (χ1v) is 14.6. The number of aryl methyl sites for hydroxylation is 3. The molecular weight excluding hydrogens is 434 g/mol. The first-order valence-electron chi connectivity index (χ1n) is 8.30. The Balaban J connectivity index is 0.000000701. The van der Waals surface area contributed by atoms with Crippen molar-refractivity contribution in [2.75, 3.05) is 5.32 Å². The molecule has 1 aliphatic carbocycles. The van der Waals surface area contributed by atoms with E-state index in [0.717, 1.165) is 29.8 Å². The fourth-order valence-electron chi connectivity index (χ4n) is 3.08. The van der Waals surface area contributed by atoms with Crippen molar-refractivity contribution in [3.8, 4) is 0 Å². The number of Topliss-reactive ketones (excluding diaryl/α,β-unsaturated/α-hetero) is 1. The molecule has 2 aromatic rings. The van der Waals surface area contributed by atoms with Crippen molar-refractivity contribution in [3.63, 3.8) is 0 Å². The number of carbonyl (C=O) groups is 1. The van der Waals surface area contributed by atoms with Crippen LogP contribution >= 0.6 is 17.0 Å². The van der Waals surface area contributed by atoms with Gasteiger partial charge in [-0.1, -0.05) is 24.3 Å². The minimum absolute atomic E-state index is 0.0693. The summed E-state index contributed by atoms with van der Waals surface area (Å²) in [5.74, 6) is 0.183. The number of carbonyl (C=O) groups excluding carboxylic acids is 1. The first-order chi connectivity index (χ1) is 12.0. The van der Waals surface area contributed by atoms with E-state index in [-0.39, 0.29) is 11.8 Å². The van der Waals surface area contributed by atoms with Crippen LogP contribution in [0.1, 0.15) is 58.7 Å². The third-order valence-corrected chi connectivity index (χ3v) is 4.40. The molecule has 0 radical (unpaired) electrons. The molecule has 0 bridgehead atoms. The monoisotopic (exact) mass is 454 g/mol. The molecule has 132 valence electrons. The van der Waals surface area contributed by atoms with Gasteiger partial charge in [0.25, 0.3) is 0 Å². The SMILES string of the molecule is Cc1cccc(C)c1NC(C)c1ccc2c(n1)C(=O)CCC2.[Cl][Zr][Cl]. The van der Waals surface area contributed by atoms with Crippen LogP contribution in [0.2, 0.25) is 0 Å². The van der Waals surface area contributed by atoms with Crippen molar-refractivity contribution in [1.82, 2.24) is 4.98 Å². The summed E-state index contributed by atoms with van der Waals surface area (Å²) in [6.45, 7) is 6.30. The van der Waals surface area contributed by atoms with Crippen LogP contribution in [0.4, 0.5) is 5.69 Å². The van der Waals surface area contributed by atoms with Gasteiger partial charge >= 0.3 is 37.9 Å². The molecule has 3 rings (SSSR count). The van der Waals surface area contributed by atoms with Gasteiger partial charge in [-0.15, -0.1) is 0 Å². The predicted octanol–water partition coefficient (Wildman–Crippen LogP) is 5.77. The van der Waals surface area contributed by atoms with Crippen LogP contribution in [0.25, 0.3) is 0 Å². The summed E-state index contributed by atoms with van der Waals surface area (Å²) in [6.07, 6.45) is 2.54. The number of hydrogen-bond donors (Lipinski definition) is 1. The second-order valence-corrected chi connectivity index (χ2v) is 9.96. The van der Waals surface area contributed by atoms with Crippen molar-refractivity contribution in [2.45, 2.75) is 46.1 Å². The Hall–Kier alpha value is -0.697. The van der Waals surface area contributed by atoms with E-state index in [9.17, 15) is 4.79 Å². The molecule has 25 heavy (non-hydrogen) atoms. The normalized spacial score (nSPS) is 14.0. The number of fused-ring (bicyclic) bond motifs is 1. The van der Waals surface area contributed by atoms with Gasteiger partial charge in [0.2, 0.25) is 0 Å². The fraction of sp³-hybridized carbons (Fsp3) is 0.368. The molecule has 1 aromatic carbocycles. The molecule has 0 amide bonds. The molecule has 1 aromatic heterocycles. The van der Waals surface area contributed by atoms with Crippen molar-refractivity contribution < 1.29 is 25.6 Å². The molecule has 0 aliphatic heterocycles. The number of benzene rings is 1. The van der Waals surface area contributed by atoms with Gasteiger partial charge in [-0.25, -0.2) is 4.98 Å². The van der Waals surface area contributed by atoms with E-state index in [1.54, 1.807) is 0 Å². The minimum atomic E-state index is -0.826. The Morgan fingerprint density at radius 3 is 2.40 bits per heavy atom. The van der Waals surface area contributed by atoms with Crippen molar-refractivity contribution in [1.29, 1.82) is 0 Å². The standard InChI is InChI=1S/C19H22N2O.2ClH.Zr/c1-12-6-4-7-13(2)18(12)20-14(3)16-11-10-15-8-5-9-17(22)19(15)21-16;;;/h4,6-7,10-11,14,20H,5,8-9H2,1-3H3;2*1H;/q;;;+2/p-2. The Kier molecular flexibility index (Phi) is 8.12.